The quantitative estimate of drug-likeness (QED) is 0.0642. The van der Waals surface area contributed by atoms with Crippen LogP contribution < -0.4 is 5.73 Å². The molecule has 234 valence electrons. The number of ketones is 1. The molecule has 0 rings (SSSR count). The Bertz CT molecular complexity index is 515. The first-order valence-electron chi connectivity index (χ1n) is 17.3. The number of Topliss-reactive ketones (excluding diaryl/α,β-unsaturated/α-hetero) is 1. The number of carbonyl (C=O) groups excluding carboxylic acids is 1. The van der Waals surface area contributed by atoms with Crippen LogP contribution in [0.3, 0.4) is 0 Å². The molecule has 0 saturated heterocycles. The van der Waals surface area contributed by atoms with E-state index in [1.807, 2.05) is 0 Å². The van der Waals surface area contributed by atoms with E-state index in [2.05, 4.69) is 13.8 Å². The molecular weight excluding hydrogens is 486 g/mol. The van der Waals surface area contributed by atoms with Crippen molar-refractivity contribution in [1.29, 1.82) is 0 Å². The van der Waals surface area contributed by atoms with Crippen molar-refractivity contribution in [3.8, 4) is 0 Å². The summed E-state index contributed by atoms with van der Waals surface area (Å²) < 4.78 is 0. The molecule has 5 nitrogen and oxygen atoms in total. The topological polar surface area (TPSA) is 104 Å². The molecule has 0 aliphatic heterocycles. The smallest absolute Gasteiger partial charge is 0.191 e. The lowest BCUT2D eigenvalue weighted by atomic mass is 9.93. The van der Waals surface area contributed by atoms with Gasteiger partial charge in [-0.25, -0.2) is 0 Å². The molecule has 0 fully saturated rings. The monoisotopic (exact) mass is 556 g/mol. The zero-order valence-electron chi connectivity index (χ0n) is 26.2. The van der Waals surface area contributed by atoms with Crippen molar-refractivity contribution >= 4 is 5.78 Å². The highest BCUT2D eigenvalue weighted by atomic mass is 16.3. The second-order valence-corrected chi connectivity index (χ2v) is 12.2. The third-order valence-electron chi connectivity index (χ3n) is 8.36. The minimum atomic E-state index is -1.51. The number of nitrogens with two attached hydrogens (primary N) is 1. The van der Waals surface area contributed by atoms with Crippen LogP contribution in [0.5, 0.6) is 0 Å². The highest BCUT2D eigenvalue weighted by Crippen LogP contribution is 2.16. The molecule has 0 aromatic carbocycles. The first-order valence-corrected chi connectivity index (χ1v) is 17.3. The van der Waals surface area contributed by atoms with Crippen LogP contribution in [0.25, 0.3) is 0 Å². The number of hydrogen-bond donors (Lipinski definition) is 4. The van der Waals surface area contributed by atoms with E-state index in [1.165, 1.54) is 122 Å². The SMILES string of the molecule is CCCCCCCCCCCCCCC[C@@H](O)[C@H](N)C(O)C(=O)C(O)CCCCCCCCCCCCCC. The van der Waals surface area contributed by atoms with Gasteiger partial charge in [-0.15, -0.1) is 0 Å². The summed E-state index contributed by atoms with van der Waals surface area (Å²) >= 11 is 0. The van der Waals surface area contributed by atoms with Gasteiger partial charge in [0.15, 0.2) is 5.78 Å². The summed E-state index contributed by atoms with van der Waals surface area (Å²) in [5.41, 5.74) is 5.98. The number of hydrogen-bond acceptors (Lipinski definition) is 5. The average molecular weight is 556 g/mol. The largest absolute Gasteiger partial charge is 0.391 e. The molecule has 5 heteroatoms. The fourth-order valence-corrected chi connectivity index (χ4v) is 5.48. The highest BCUT2D eigenvalue weighted by molar-refractivity contribution is 5.87. The van der Waals surface area contributed by atoms with Crippen LogP contribution in [0.2, 0.25) is 0 Å². The molecule has 2 unspecified atom stereocenters. The number of carbonyl (C=O) groups is 1. The second-order valence-electron chi connectivity index (χ2n) is 12.2. The molecule has 0 amide bonds. The van der Waals surface area contributed by atoms with E-state index in [0.717, 1.165) is 38.5 Å². The van der Waals surface area contributed by atoms with E-state index in [-0.39, 0.29) is 0 Å². The Morgan fingerprint density at radius 1 is 0.487 bits per heavy atom. The summed E-state index contributed by atoms with van der Waals surface area (Å²) in [5, 5.41) is 30.9. The summed E-state index contributed by atoms with van der Waals surface area (Å²) in [5.74, 6) is -0.644. The molecular formula is C34H69NO4. The van der Waals surface area contributed by atoms with E-state index in [9.17, 15) is 20.1 Å². The fraction of sp³-hybridized carbons (Fsp3) is 0.971. The summed E-state index contributed by atoms with van der Waals surface area (Å²) in [4.78, 5) is 12.4. The summed E-state index contributed by atoms with van der Waals surface area (Å²) in [6, 6.07) is -1.04. The van der Waals surface area contributed by atoms with Gasteiger partial charge in [0.25, 0.3) is 0 Å². The van der Waals surface area contributed by atoms with Crippen LogP contribution in [-0.2, 0) is 4.79 Å². The van der Waals surface area contributed by atoms with Crippen molar-refractivity contribution in [2.45, 2.75) is 212 Å². The summed E-state index contributed by atoms with van der Waals surface area (Å²) in [6.07, 6.45) is 28.3. The Kier molecular flexibility index (Phi) is 28.7. The zero-order chi connectivity index (χ0) is 29.0. The van der Waals surface area contributed by atoms with E-state index in [4.69, 9.17) is 5.73 Å². The number of aliphatic hydroxyl groups excluding tert-OH is 3. The Labute approximate surface area is 243 Å². The third kappa shape index (κ3) is 23.9. The van der Waals surface area contributed by atoms with Crippen molar-refractivity contribution in [2.75, 3.05) is 0 Å². The average Bonchev–Trinajstić information content (AvgIpc) is 2.94. The molecule has 0 heterocycles. The Morgan fingerprint density at radius 3 is 1.10 bits per heavy atom. The molecule has 0 aromatic rings. The molecule has 0 radical (unpaired) electrons. The maximum absolute atomic E-state index is 12.4. The molecule has 4 atom stereocenters. The van der Waals surface area contributed by atoms with Gasteiger partial charge in [-0.1, -0.05) is 174 Å². The van der Waals surface area contributed by atoms with Gasteiger partial charge in [-0.2, -0.15) is 0 Å². The van der Waals surface area contributed by atoms with Gasteiger partial charge >= 0.3 is 0 Å². The van der Waals surface area contributed by atoms with Crippen molar-refractivity contribution in [1.82, 2.24) is 0 Å². The minimum absolute atomic E-state index is 0.356. The standard InChI is InChI=1S/C34H69NO4/c1-3-5-7-9-11-13-15-17-19-20-22-24-26-28-30(36)32(35)34(39)33(38)31(37)29-27-25-23-21-18-16-14-12-10-8-6-4-2/h30-32,34,36-37,39H,3-29,35H2,1-2H3/t30-,31?,32+,34?/m1/s1. The molecule has 0 aliphatic carbocycles. The lowest BCUT2D eigenvalue weighted by Gasteiger charge is -2.24. The molecule has 0 saturated carbocycles. The van der Waals surface area contributed by atoms with Gasteiger partial charge in [0, 0.05) is 0 Å². The number of rotatable bonds is 31. The highest BCUT2D eigenvalue weighted by Gasteiger charge is 2.32. The van der Waals surface area contributed by atoms with Crippen LogP contribution in [0, 0.1) is 0 Å². The van der Waals surface area contributed by atoms with Gasteiger partial charge in [-0.05, 0) is 12.8 Å². The van der Waals surface area contributed by atoms with Gasteiger partial charge < -0.3 is 21.1 Å². The van der Waals surface area contributed by atoms with Crippen LogP contribution in [-0.4, -0.2) is 45.5 Å². The molecule has 0 aromatic heterocycles. The van der Waals surface area contributed by atoms with Gasteiger partial charge in [-0.3, -0.25) is 4.79 Å². The predicted molar refractivity (Wildman–Crippen MR) is 167 cm³/mol. The number of aliphatic hydroxyl groups is 3. The normalized spacial score (nSPS) is 14.8. The Morgan fingerprint density at radius 2 is 0.769 bits per heavy atom. The third-order valence-corrected chi connectivity index (χ3v) is 8.36. The maximum atomic E-state index is 12.4. The van der Waals surface area contributed by atoms with Crippen molar-refractivity contribution in [2.24, 2.45) is 5.73 Å². The summed E-state index contributed by atoms with van der Waals surface area (Å²) in [7, 11) is 0. The first-order chi connectivity index (χ1) is 19.0. The van der Waals surface area contributed by atoms with Crippen LogP contribution >= 0.6 is 0 Å². The molecule has 0 aliphatic rings. The minimum Gasteiger partial charge on any atom is -0.391 e. The lowest BCUT2D eigenvalue weighted by Crippen LogP contribution is -2.51. The lowest BCUT2D eigenvalue weighted by molar-refractivity contribution is -0.138. The van der Waals surface area contributed by atoms with Crippen LogP contribution in [0.1, 0.15) is 187 Å². The molecule has 5 N–H and O–H groups in total. The van der Waals surface area contributed by atoms with E-state index >= 15 is 0 Å². The Balaban J connectivity index is 3.71. The summed E-state index contributed by atoms with van der Waals surface area (Å²) in [6.45, 7) is 4.50. The maximum Gasteiger partial charge on any atom is 0.191 e. The van der Waals surface area contributed by atoms with Gasteiger partial charge in [0.05, 0.1) is 12.1 Å². The second kappa shape index (κ2) is 29.0. The van der Waals surface area contributed by atoms with Crippen LogP contribution in [0.15, 0.2) is 0 Å². The molecule has 39 heavy (non-hydrogen) atoms. The molecule has 0 spiro atoms. The zero-order valence-corrected chi connectivity index (χ0v) is 26.2. The van der Waals surface area contributed by atoms with Gasteiger partial charge in [0.2, 0.25) is 0 Å². The predicted octanol–water partition coefficient (Wildman–Crippen LogP) is 8.54. The first kappa shape index (κ1) is 38.5. The van der Waals surface area contributed by atoms with E-state index < -0.39 is 30.1 Å². The fourth-order valence-electron chi connectivity index (χ4n) is 5.48. The van der Waals surface area contributed by atoms with E-state index in [0.29, 0.717) is 12.8 Å². The van der Waals surface area contributed by atoms with Crippen molar-refractivity contribution < 1.29 is 20.1 Å². The molecule has 0 bridgehead atoms. The van der Waals surface area contributed by atoms with Crippen molar-refractivity contribution in [3.63, 3.8) is 0 Å². The van der Waals surface area contributed by atoms with Crippen LogP contribution in [0.4, 0.5) is 0 Å². The van der Waals surface area contributed by atoms with Gasteiger partial charge in [0.1, 0.15) is 12.2 Å². The van der Waals surface area contributed by atoms with E-state index in [1.54, 1.807) is 0 Å². The number of unbranched alkanes of at least 4 members (excludes halogenated alkanes) is 23. The Hall–Kier alpha value is -0.490. The van der Waals surface area contributed by atoms with Crippen molar-refractivity contribution in [3.05, 3.63) is 0 Å².